The van der Waals surface area contributed by atoms with Crippen LogP contribution < -0.4 is 0 Å². The third-order valence-corrected chi connectivity index (χ3v) is 3.87. The van der Waals surface area contributed by atoms with E-state index in [1.807, 2.05) is 13.8 Å². The quantitative estimate of drug-likeness (QED) is 0.742. The number of hydrogen-bond acceptors (Lipinski definition) is 4. The monoisotopic (exact) mass is 225 g/mol. The minimum Gasteiger partial charge on any atom is -0.458 e. The summed E-state index contributed by atoms with van der Waals surface area (Å²) in [6.45, 7) is 6.41. The summed E-state index contributed by atoms with van der Waals surface area (Å²) in [5.41, 5.74) is 1.03. The van der Waals surface area contributed by atoms with Crippen LogP contribution in [0.25, 0.3) is 0 Å². The molecule has 1 aliphatic rings. The van der Waals surface area contributed by atoms with Crippen LogP contribution >= 0.6 is 11.3 Å². The Balaban J connectivity index is 1.85. The van der Waals surface area contributed by atoms with Gasteiger partial charge in [-0.25, -0.2) is 4.98 Å². The van der Waals surface area contributed by atoms with Crippen LogP contribution in [0.3, 0.4) is 0 Å². The van der Waals surface area contributed by atoms with Gasteiger partial charge in [-0.2, -0.15) is 0 Å². The van der Waals surface area contributed by atoms with Crippen LogP contribution in [0.2, 0.25) is 0 Å². The largest absolute Gasteiger partial charge is 0.458 e. The van der Waals surface area contributed by atoms with Gasteiger partial charge in [0.2, 0.25) is 0 Å². The Morgan fingerprint density at radius 2 is 2.27 bits per heavy atom. The molecule has 1 fully saturated rings. The van der Waals surface area contributed by atoms with Gasteiger partial charge in [-0.3, -0.25) is 4.79 Å². The number of esters is 1. The molecule has 1 saturated carbocycles. The van der Waals surface area contributed by atoms with Gasteiger partial charge in [0, 0.05) is 4.88 Å². The molecule has 4 heteroatoms. The fourth-order valence-electron chi connectivity index (χ4n) is 1.49. The molecule has 3 nitrogen and oxygen atoms in total. The van der Waals surface area contributed by atoms with Gasteiger partial charge in [0.25, 0.3) is 0 Å². The molecule has 15 heavy (non-hydrogen) atoms. The summed E-state index contributed by atoms with van der Waals surface area (Å²) < 4.78 is 5.20. The fraction of sp³-hybridized carbons (Fsp3) is 0.636. The number of carbonyl (C=O) groups excluding carboxylic acids is 1. The smallest absolute Gasteiger partial charge is 0.309 e. The summed E-state index contributed by atoms with van der Waals surface area (Å²) >= 11 is 1.60. The number of carbonyl (C=O) groups is 1. The maximum atomic E-state index is 11.4. The molecule has 1 aromatic rings. The maximum Gasteiger partial charge on any atom is 0.309 e. The second-order valence-electron chi connectivity index (χ2n) is 4.18. The van der Waals surface area contributed by atoms with E-state index in [1.54, 1.807) is 11.3 Å². The Morgan fingerprint density at radius 1 is 1.60 bits per heavy atom. The average molecular weight is 225 g/mol. The number of hydrogen-bond donors (Lipinski definition) is 0. The van der Waals surface area contributed by atoms with Gasteiger partial charge in [0.05, 0.1) is 11.6 Å². The van der Waals surface area contributed by atoms with Crippen LogP contribution in [0.1, 0.15) is 28.9 Å². The van der Waals surface area contributed by atoms with Crippen molar-refractivity contribution in [3.8, 4) is 0 Å². The average Bonchev–Trinajstić information content (AvgIpc) is 2.82. The van der Waals surface area contributed by atoms with E-state index >= 15 is 0 Å². The minimum absolute atomic E-state index is 0.0620. The predicted molar refractivity (Wildman–Crippen MR) is 58.7 cm³/mol. The molecule has 0 radical (unpaired) electrons. The van der Waals surface area contributed by atoms with Crippen molar-refractivity contribution < 1.29 is 9.53 Å². The number of aromatic nitrogens is 1. The van der Waals surface area contributed by atoms with Crippen LogP contribution in [0.15, 0.2) is 0 Å². The fourth-order valence-corrected chi connectivity index (χ4v) is 2.34. The zero-order chi connectivity index (χ0) is 11.0. The first kappa shape index (κ1) is 10.6. The molecule has 0 aromatic carbocycles. The minimum atomic E-state index is -0.0620. The van der Waals surface area contributed by atoms with Crippen LogP contribution in [0.4, 0.5) is 0 Å². The van der Waals surface area contributed by atoms with E-state index in [2.05, 4.69) is 11.9 Å². The highest BCUT2D eigenvalue weighted by atomic mass is 32.1. The molecule has 82 valence electrons. The van der Waals surface area contributed by atoms with Crippen LogP contribution in [-0.2, 0) is 16.1 Å². The van der Waals surface area contributed by atoms with Crippen molar-refractivity contribution in [3.05, 3.63) is 15.6 Å². The molecule has 0 aliphatic heterocycles. The summed E-state index contributed by atoms with van der Waals surface area (Å²) in [5.74, 6) is 0.595. The molecule has 1 aliphatic carbocycles. The summed E-state index contributed by atoms with van der Waals surface area (Å²) in [6.07, 6.45) is 0.981. The van der Waals surface area contributed by atoms with E-state index in [-0.39, 0.29) is 11.9 Å². The van der Waals surface area contributed by atoms with E-state index in [0.717, 1.165) is 17.1 Å². The van der Waals surface area contributed by atoms with Crippen molar-refractivity contribution in [2.45, 2.75) is 33.8 Å². The number of nitrogens with zero attached hydrogens (tertiary/aromatic N) is 1. The number of rotatable bonds is 3. The molecule has 2 atom stereocenters. The molecule has 1 heterocycles. The third-order valence-electron chi connectivity index (χ3n) is 2.82. The van der Waals surface area contributed by atoms with Crippen molar-refractivity contribution in [2.24, 2.45) is 11.8 Å². The summed E-state index contributed by atoms with van der Waals surface area (Å²) in [4.78, 5) is 17.0. The van der Waals surface area contributed by atoms with Crippen LogP contribution in [-0.4, -0.2) is 11.0 Å². The SMILES string of the molecule is Cc1nc(COC(=O)[C@@H]2C[C@@H]2C)sc1C. The Morgan fingerprint density at radius 3 is 2.73 bits per heavy atom. The Labute approximate surface area is 93.5 Å². The van der Waals surface area contributed by atoms with Crippen LogP contribution in [0, 0.1) is 25.7 Å². The molecule has 0 unspecified atom stereocenters. The number of ether oxygens (including phenoxy) is 1. The summed E-state index contributed by atoms with van der Waals surface area (Å²) in [7, 11) is 0. The van der Waals surface area contributed by atoms with E-state index < -0.39 is 0 Å². The van der Waals surface area contributed by atoms with Gasteiger partial charge in [-0.05, 0) is 26.2 Å². The van der Waals surface area contributed by atoms with E-state index in [0.29, 0.717) is 12.5 Å². The lowest BCUT2D eigenvalue weighted by molar-refractivity contribution is -0.146. The second kappa shape index (κ2) is 3.93. The van der Waals surface area contributed by atoms with Gasteiger partial charge in [-0.15, -0.1) is 11.3 Å². The molecule has 1 aromatic heterocycles. The second-order valence-corrected chi connectivity index (χ2v) is 5.46. The molecule has 2 rings (SSSR count). The third kappa shape index (κ3) is 2.37. The Bertz CT molecular complexity index is 366. The lowest BCUT2D eigenvalue weighted by atomic mass is 10.3. The van der Waals surface area contributed by atoms with Gasteiger partial charge < -0.3 is 4.74 Å². The zero-order valence-electron chi connectivity index (χ0n) is 9.24. The van der Waals surface area contributed by atoms with E-state index in [9.17, 15) is 4.79 Å². The van der Waals surface area contributed by atoms with Crippen molar-refractivity contribution in [1.29, 1.82) is 0 Å². The van der Waals surface area contributed by atoms with Crippen molar-refractivity contribution >= 4 is 17.3 Å². The molecule has 0 spiro atoms. The highest BCUT2D eigenvalue weighted by Gasteiger charge is 2.40. The van der Waals surface area contributed by atoms with Gasteiger partial charge >= 0.3 is 5.97 Å². The molecule has 0 N–H and O–H groups in total. The number of aryl methyl sites for hydroxylation is 2. The van der Waals surface area contributed by atoms with E-state index in [1.165, 1.54) is 4.88 Å². The summed E-state index contributed by atoms with van der Waals surface area (Å²) in [6, 6.07) is 0. The molecule has 0 bridgehead atoms. The van der Waals surface area contributed by atoms with Crippen molar-refractivity contribution in [2.75, 3.05) is 0 Å². The Hall–Kier alpha value is -0.900. The van der Waals surface area contributed by atoms with Gasteiger partial charge in [-0.1, -0.05) is 6.92 Å². The van der Waals surface area contributed by atoms with Crippen molar-refractivity contribution in [3.63, 3.8) is 0 Å². The maximum absolute atomic E-state index is 11.4. The highest BCUT2D eigenvalue weighted by molar-refractivity contribution is 7.11. The van der Waals surface area contributed by atoms with Crippen molar-refractivity contribution in [1.82, 2.24) is 4.98 Å². The zero-order valence-corrected chi connectivity index (χ0v) is 10.1. The number of thiazole rings is 1. The molecule has 0 amide bonds. The normalized spacial score (nSPS) is 23.9. The van der Waals surface area contributed by atoms with E-state index in [4.69, 9.17) is 4.74 Å². The first-order chi connectivity index (χ1) is 7.08. The lowest BCUT2D eigenvalue weighted by Crippen LogP contribution is -2.07. The molecular formula is C11H15NO2S. The van der Waals surface area contributed by atoms with Gasteiger partial charge in [0.1, 0.15) is 11.6 Å². The first-order valence-corrected chi connectivity index (χ1v) is 5.99. The summed E-state index contributed by atoms with van der Waals surface area (Å²) in [5, 5.41) is 0.895. The Kier molecular flexibility index (Phi) is 2.78. The predicted octanol–water partition coefficient (Wildman–Crippen LogP) is 2.46. The highest BCUT2D eigenvalue weighted by Crippen LogP contribution is 2.38. The topological polar surface area (TPSA) is 39.2 Å². The first-order valence-electron chi connectivity index (χ1n) is 5.17. The molecular weight excluding hydrogens is 210 g/mol. The molecule has 0 saturated heterocycles. The van der Waals surface area contributed by atoms with Crippen LogP contribution in [0.5, 0.6) is 0 Å². The standard InChI is InChI=1S/C11H15NO2S/c1-6-4-9(6)11(13)14-5-10-12-7(2)8(3)15-10/h6,9H,4-5H2,1-3H3/t6-,9+/m0/s1. The van der Waals surface area contributed by atoms with Gasteiger partial charge in [0.15, 0.2) is 0 Å². The lowest BCUT2D eigenvalue weighted by Gasteiger charge is -2.00.